The molecule has 1 amide bonds. The fraction of sp³-hybridized carbons (Fsp3) is 0.278. The first-order valence-electron chi connectivity index (χ1n) is 7.96. The van der Waals surface area contributed by atoms with Gasteiger partial charge in [0.15, 0.2) is 16.4 Å². The van der Waals surface area contributed by atoms with Crippen LogP contribution in [0.5, 0.6) is 17.2 Å². The number of para-hydroxylation sites is 1. The maximum absolute atomic E-state index is 11.9. The van der Waals surface area contributed by atoms with Crippen molar-refractivity contribution in [2.24, 2.45) is 0 Å². The van der Waals surface area contributed by atoms with E-state index in [0.717, 1.165) is 0 Å². The highest BCUT2D eigenvalue weighted by Crippen LogP contribution is 2.24. The Kier molecular flexibility index (Phi) is 5.23. The number of carbonyl (C=O) groups excluding carboxylic acids is 1. The van der Waals surface area contributed by atoms with Crippen LogP contribution in [0.4, 0.5) is 0 Å². The second kappa shape index (κ2) is 7.57. The van der Waals surface area contributed by atoms with Crippen molar-refractivity contribution in [2.45, 2.75) is 12.5 Å². The first-order chi connectivity index (χ1) is 12.0. The molecule has 6 nitrogen and oxygen atoms in total. The minimum Gasteiger partial charge on any atom is -0.484 e. The average molecular weight is 361 g/mol. The van der Waals surface area contributed by atoms with Gasteiger partial charge < -0.3 is 14.8 Å². The van der Waals surface area contributed by atoms with Gasteiger partial charge in [0.1, 0.15) is 17.2 Å². The van der Waals surface area contributed by atoms with E-state index < -0.39 is 9.84 Å². The summed E-state index contributed by atoms with van der Waals surface area (Å²) < 4.78 is 34.0. The number of hydrogen-bond acceptors (Lipinski definition) is 5. The average Bonchev–Trinajstić information content (AvgIpc) is 2.93. The number of amides is 1. The van der Waals surface area contributed by atoms with Gasteiger partial charge in [0.25, 0.3) is 5.91 Å². The smallest absolute Gasteiger partial charge is 0.258 e. The predicted molar refractivity (Wildman–Crippen MR) is 93.7 cm³/mol. The highest BCUT2D eigenvalue weighted by Gasteiger charge is 2.28. The second-order valence-corrected chi connectivity index (χ2v) is 8.07. The van der Waals surface area contributed by atoms with E-state index in [2.05, 4.69) is 5.32 Å². The highest BCUT2D eigenvalue weighted by atomic mass is 32.2. The van der Waals surface area contributed by atoms with Gasteiger partial charge in [-0.15, -0.1) is 0 Å². The van der Waals surface area contributed by atoms with E-state index in [9.17, 15) is 13.2 Å². The standard InChI is InChI=1S/C18H19NO5S/c20-18(19-14-9-10-25(21,22)13-14)12-23-16-7-4-8-17(11-16)24-15-5-2-1-3-6-15/h1-8,11,14H,9-10,12-13H2,(H,19,20). The minimum absolute atomic E-state index is 0.000852. The van der Waals surface area contributed by atoms with Crippen molar-refractivity contribution >= 4 is 15.7 Å². The molecule has 0 bridgehead atoms. The normalized spacial score (nSPS) is 18.5. The van der Waals surface area contributed by atoms with E-state index in [0.29, 0.717) is 23.7 Å². The molecule has 1 N–H and O–H groups in total. The molecule has 0 aliphatic carbocycles. The van der Waals surface area contributed by atoms with E-state index in [1.54, 1.807) is 24.3 Å². The van der Waals surface area contributed by atoms with Gasteiger partial charge in [0, 0.05) is 12.1 Å². The van der Waals surface area contributed by atoms with Crippen LogP contribution in [0.25, 0.3) is 0 Å². The van der Waals surface area contributed by atoms with Crippen molar-refractivity contribution in [1.82, 2.24) is 5.32 Å². The molecular weight excluding hydrogens is 342 g/mol. The zero-order valence-corrected chi connectivity index (χ0v) is 14.4. The first kappa shape index (κ1) is 17.3. The summed E-state index contributed by atoms with van der Waals surface area (Å²) in [7, 11) is -3.02. The van der Waals surface area contributed by atoms with Crippen molar-refractivity contribution in [3.05, 3.63) is 54.6 Å². The zero-order chi connectivity index (χ0) is 17.7. The van der Waals surface area contributed by atoms with E-state index in [-0.39, 0.29) is 30.1 Å². The molecule has 1 aliphatic heterocycles. The van der Waals surface area contributed by atoms with Crippen LogP contribution in [0.2, 0.25) is 0 Å². The molecule has 1 heterocycles. The van der Waals surface area contributed by atoms with Crippen LogP contribution in [0.1, 0.15) is 6.42 Å². The number of benzene rings is 2. The Hall–Kier alpha value is -2.54. The van der Waals surface area contributed by atoms with E-state index >= 15 is 0 Å². The Labute approximate surface area is 146 Å². The molecule has 0 spiro atoms. The van der Waals surface area contributed by atoms with Crippen LogP contribution in [0, 0.1) is 0 Å². The third-order valence-electron chi connectivity index (χ3n) is 3.75. The summed E-state index contributed by atoms with van der Waals surface area (Å²) in [6, 6.07) is 16.0. The fourth-order valence-electron chi connectivity index (χ4n) is 2.58. The Morgan fingerprint density at radius 2 is 1.76 bits per heavy atom. The maximum atomic E-state index is 11.9. The van der Waals surface area contributed by atoms with Gasteiger partial charge in [0.2, 0.25) is 0 Å². The van der Waals surface area contributed by atoms with Crippen LogP contribution in [0.15, 0.2) is 54.6 Å². The Balaban J connectivity index is 1.51. The maximum Gasteiger partial charge on any atom is 0.258 e. The monoisotopic (exact) mass is 361 g/mol. The van der Waals surface area contributed by atoms with Crippen molar-refractivity contribution in [3.8, 4) is 17.2 Å². The van der Waals surface area contributed by atoms with Crippen LogP contribution in [-0.2, 0) is 14.6 Å². The summed E-state index contributed by atoms with van der Waals surface area (Å²) in [4.78, 5) is 11.9. The van der Waals surface area contributed by atoms with E-state index in [1.807, 2.05) is 30.3 Å². The van der Waals surface area contributed by atoms with Gasteiger partial charge >= 0.3 is 0 Å². The second-order valence-electron chi connectivity index (χ2n) is 5.85. The molecule has 0 aromatic heterocycles. The quantitative estimate of drug-likeness (QED) is 0.853. The largest absolute Gasteiger partial charge is 0.484 e. The van der Waals surface area contributed by atoms with E-state index in [4.69, 9.17) is 9.47 Å². The summed E-state index contributed by atoms with van der Waals surface area (Å²) in [5.41, 5.74) is 0. The third kappa shape index (κ3) is 5.22. The molecule has 132 valence electrons. The Morgan fingerprint density at radius 3 is 2.48 bits per heavy atom. The molecule has 3 rings (SSSR count). The molecular formula is C18H19NO5S. The van der Waals surface area contributed by atoms with Crippen molar-refractivity contribution in [2.75, 3.05) is 18.1 Å². The number of carbonyl (C=O) groups is 1. The van der Waals surface area contributed by atoms with Crippen molar-refractivity contribution in [3.63, 3.8) is 0 Å². The summed E-state index contributed by atoms with van der Waals surface area (Å²) in [5.74, 6) is 1.60. The SMILES string of the molecule is O=C(COc1cccc(Oc2ccccc2)c1)NC1CCS(=O)(=O)C1. The van der Waals surface area contributed by atoms with Crippen LogP contribution in [-0.4, -0.2) is 38.5 Å². The number of nitrogens with one attached hydrogen (secondary N) is 1. The predicted octanol–water partition coefficient (Wildman–Crippen LogP) is 2.16. The fourth-order valence-corrected chi connectivity index (χ4v) is 4.25. The number of ether oxygens (including phenoxy) is 2. The zero-order valence-electron chi connectivity index (χ0n) is 13.6. The number of hydrogen-bond donors (Lipinski definition) is 1. The summed E-state index contributed by atoms with van der Waals surface area (Å²) in [5, 5.41) is 2.68. The summed E-state index contributed by atoms with van der Waals surface area (Å²) >= 11 is 0. The molecule has 2 aromatic rings. The van der Waals surface area contributed by atoms with Gasteiger partial charge in [0.05, 0.1) is 11.5 Å². The molecule has 2 aromatic carbocycles. The molecule has 0 radical (unpaired) electrons. The molecule has 1 saturated heterocycles. The van der Waals surface area contributed by atoms with Crippen LogP contribution < -0.4 is 14.8 Å². The Morgan fingerprint density at radius 1 is 1.04 bits per heavy atom. The highest BCUT2D eigenvalue weighted by molar-refractivity contribution is 7.91. The number of sulfone groups is 1. The van der Waals surface area contributed by atoms with E-state index in [1.165, 1.54) is 0 Å². The lowest BCUT2D eigenvalue weighted by Crippen LogP contribution is -2.38. The minimum atomic E-state index is -3.02. The first-order valence-corrected chi connectivity index (χ1v) is 9.78. The lowest BCUT2D eigenvalue weighted by molar-refractivity contribution is -0.123. The topological polar surface area (TPSA) is 81.7 Å². The lowest BCUT2D eigenvalue weighted by Gasteiger charge is -2.12. The summed E-state index contributed by atoms with van der Waals surface area (Å²) in [6.45, 7) is -0.175. The van der Waals surface area contributed by atoms with Crippen LogP contribution >= 0.6 is 0 Å². The molecule has 0 saturated carbocycles. The van der Waals surface area contributed by atoms with Gasteiger partial charge in [-0.3, -0.25) is 4.79 Å². The molecule has 1 atom stereocenters. The molecule has 1 aliphatic rings. The number of rotatable bonds is 6. The lowest BCUT2D eigenvalue weighted by atomic mass is 10.2. The van der Waals surface area contributed by atoms with Crippen LogP contribution in [0.3, 0.4) is 0 Å². The van der Waals surface area contributed by atoms with Gasteiger partial charge in [-0.2, -0.15) is 0 Å². The Bertz CT molecular complexity index is 836. The van der Waals surface area contributed by atoms with Crippen molar-refractivity contribution in [1.29, 1.82) is 0 Å². The third-order valence-corrected chi connectivity index (χ3v) is 5.52. The molecule has 7 heteroatoms. The van der Waals surface area contributed by atoms with Gasteiger partial charge in [-0.25, -0.2) is 8.42 Å². The molecule has 1 fully saturated rings. The molecule has 1 unspecified atom stereocenters. The molecule has 25 heavy (non-hydrogen) atoms. The van der Waals surface area contributed by atoms with Crippen molar-refractivity contribution < 1.29 is 22.7 Å². The van der Waals surface area contributed by atoms with Gasteiger partial charge in [-0.05, 0) is 30.7 Å². The van der Waals surface area contributed by atoms with Gasteiger partial charge in [-0.1, -0.05) is 24.3 Å². The summed E-state index contributed by atoms with van der Waals surface area (Å²) in [6.07, 6.45) is 0.453.